The van der Waals surface area contributed by atoms with Crippen molar-refractivity contribution in [2.75, 3.05) is 5.09 Å². The van der Waals surface area contributed by atoms with Gasteiger partial charge in [0.2, 0.25) is 0 Å². The van der Waals surface area contributed by atoms with Gasteiger partial charge in [0, 0.05) is 11.5 Å². The number of hydrogen-bond donors (Lipinski definition) is 6. The summed E-state index contributed by atoms with van der Waals surface area (Å²) < 4.78 is 11.2. The number of benzene rings is 2. The Morgan fingerprint density at radius 1 is 1.09 bits per heavy atom. The Hall–Kier alpha value is -2.05. The van der Waals surface area contributed by atoms with Gasteiger partial charge in [0.15, 0.2) is 0 Å². The quantitative estimate of drug-likeness (QED) is 0.461. The van der Waals surface area contributed by atoms with Crippen LogP contribution in [0.3, 0.4) is 0 Å². The Morgan fingerprint density at radius 2 is 1.74 bits per heavy atom. The first-order valence-electron chi connectivity index (χ1n) is 6.82. The maximum absolute atomic E-state index is 11.2. The summed E-state index contributed by atoms with van der Waals surface area (Å²) in [7, 11) is -4.60. The normalized spacial score (nSPS) is 14.3. The summed E-state index contributed by atoms with van der Waals surface area (Å²) in [5, 5.41) is 32.1. The number of aromatic hydroxyl groups is 2. The summed E-state index contributed by atoms with van der Waals surface area (Å²) >= 11 is 0. The number of rotatable bonds is 5. The van der Waals surface area contributed by atoms with E-state index in [1.807, 2.05) is 5.09 Å². The summed E-state index contributed by atoms with van der Waals surface area (Å²) in [6, 6.07) is 10.4. The molecule has 0 saturated carbocycles. The van der Waals surface area contributed by atoms with Gasteiger partial charge in [0.1, 0.15) is 11.5 Å². The highest BCUT2D eigenvalue weighted by Crippen LogP contribution is 2.44. The van der Waals surface area contributed by atoms with E-state index in [1.54, 1.807) is 19.1 Å². The molecule has 2 aromatic rings. The van der Waals surface area contributed by atoms with Crippen molar-refractivity contribution in [2.24, 2.45) is 0 Å². The first-order chi connectivity index (χ1) is 10.7. The smallest absolute Gasteiger partial charge is 0.427 e. The molecule has 2 unspecified atom stereocenters. The van der Waals surface area contributed by atoms with Crippen molar-refractivity contribution < 1.29 is 29.7 Å². The minimum absolute atomic E-state index is 0.0216. The van der Waals surface area contributed by atoms with Crippen LogP contribution in [0.15, 0.2) is 42.5 Å². The minimum Gasteiger partial charge on any atom is -0.508 e. The van der Waals surface area contributed by atoms with Gasteiger partial charge >= 0.3 is 7.75 Å². The fourth-order valence-corrected chi connectivity index (χ4v) is 2.87. The van der Waals surface area contributed by atoms with Gasteiger partial charge < -0.3 is 25.1 Å². The highest BCUT2D eigenvalue weighted by atomic mass is 31.2. The van der Waals surface area contributed by atoms with Gasteiger partial charge in [0.25, 0.3) is 0 Å². The number of anilines is 1. The van der Waals surface area contributed by atoms with Crippen molar-refractivity contribution in [1.29, 1.82) is 0 Å². The number of phenolic OH excluding ortho intramolecular Hbond substituents is 2. The van der Waals surface area contributed by atoms with E-state index < -0.39 is 19.8 Å². The molecule has 7 nitrogen and oxygen atoms in total. The average Bonchev–Trinajstić information content (AvgIpc) is 2.44. The standard InChI is InChI=1S/C15H18NO6P/c1-9(10-4-2-5-11(17)8-10)15(19)14-12(16-23(20,21)22)6-3-7-13(14)18/h2-9,15,17-19H,1H3,(H3,16,20,21,22). The lowest BCUT2D eigenvalue weighted by Gasteiger charge is -2.23. The van der Waals surface area contributed by atoms with Crippen LogP contribution in [0, 0.1) is 0 Å². The molecule has 0 aliphatic heterocycles. The second-order valence-electron chi connectivity index (χ2n) is 5.22. The summed E-state index contributed by atoms with van der Waals surface area (Å²) in [5.41, 5.74) is 0.535. The van der Waals surface area contributed by atoms with E-state index in [1.165, 1.54) is 30.3 Å². The molecule has 23 heavy (non-hydrogen) atoms. The van der Waals surface area contributed by atoms with Crippen LogP contribution in [-0.4, -0.2) is 25.1 Å². The van der Waals surface area contributed by atoms with Crippen molar-refractivity contribution in [1.82, 2.24) is 0 Å². The van der Waals surface area contributed by atoms with E-state index in [2.05, 4.69) is 0 Å². The zero-order valence-electron chi connectivity index (χ0n) is 12.3. The van der Waals surface area contributed by atoms with Crippen molar-refractivity contribution in [2.45, 2.75) is 18.9 Å². The predicted molar refractivity (Wildman–Crippen MR) is 85.3 cm³/mol. The van der Waals surface area contributed by atoms with Gasteiger partial charge in [-0.25, -0.2) is 4.57 Å². The molecule has 0 spiro atoms. The predicted octanol–water partition coefficient (Wildman–Crippen LogP) is 2.44. The minimum atomic E-state index is -4.60. The van der Waals surface area contributed by atoms with Crippen LogP contribution >= 0.6 is 7.75 Å². The number of nitrogens with one attached hydrogen (secondary N) is 1. The van der Waals surface area contributed by atoms with Gasteiger partial charge in [-0.05, 0) is 29.8 Å². The van der Waals surface area contributed by atoms with E-state index in [9.17, 15) is 19.9 Å². The Bertz CT molecular complexity index is 744. The molecule has 0 saturated heterocycles. The van der Waals surface area contributed by atoms with Crippen LogP contribution < -0.4 is 5.09 Å². The number of aliphatic hydroxyl groups excluding tert-OH is 1. The van der Waals surface area contributed by atoms with Gasteiger partial charge in [0.05, 0.1) is 11.8 Å². The van der Waals surface area contributed by atoms with Crippen LogP contribution in [-0.2, 0) is 4.57 Å². The Morgan fingerprint density at radius 3 is 2.35 bits per heavy atom. The lowest BCUT2D eigenvalue weighted by molar-refractivity contribution is 0.149. The molecule has 0 aliphatic carbocycles. The molecule has 0 amide bonds. The van der Waals surface area contributed by atoms with Crippen LogP contribution in [0.25, 0.3) is 0 Å². The monoisotopic (exact) mass is 339 g/mol. The largest absolute Gasteiger partial charge is 0.508 e. The van der Waals surface area contributed by atoms with Gasteiger partial charge in [-0.15, -0.1) is 0 Å². The molecule has 0 aromatic heterocycles. The second-order valence-corrected chi connectivity index (χ2v) is 6.53. The summed E-state index contributed by atoms with van der Waals surface area (Å²) in [4.78, 5) is 18.1. The number of hydrogen-bond acceptors (Lipinski definition) is 4. The van der Waals surface area contributed by atoms with Crippen molar-refractivity contribution in [3.63, 3.8) is 0 Å². The lowest BCUT2D eigenvalue weighted by Crippen LogP contribution is -2.11. The maximum Gasteiger partial charge on any atom is 0.427 e. The molecule has 8 heteroatoms. The summed E-state index contributed by atoms with van der Waals surface area (Å²) in [6.07, 6.45) is -1.24. The molecule has 0 radical (unpaired) electrons. The molecule has 0 fully saturated rings. The molecule has 2 aromatic carbocycles. The SMILES string of the molecule is CC(c1cccc(O)c1)C(O)c1c(O)cccc1NP(=O)(O)O. The zero-order valence-corrected chi connectivity index (χ0v) is 13.2. The van der Waals surface area contributed by atoms with Gasteiger partial charge in [-0.3, -0.25) is 5.09 Å². The highest BCUT2D eigenvalue weighted by Gasteiger charge is 2.26. The molecular formula is C15H18NO6P. The molecule has 124 valence electrons. The van der Waals surface area contributed by atoms with E-state index in [0.29, 0.717) is 5.56 Å². The van der Waals surface area contributed by atoms with Crippen molar-refractivity contribution in [3.8, 4) is 11.5 Å². The fourth-order valence-electron chi connectivity index (χ4n) is 2.36. The van der Waals surface area contributed by atoms with Gasteiger partial charge in [-0.2, -0.15) is 0 Å². The zero-order chi connectivity index (χ0) is 17.2. The Balaban J connectivity index is 2.42. The van der Waals surface area contributed by atoms with Gasteiger partial charge in [-0.1, -0.05) is 25.1 Å². The van der Waals surface area contributed by atoms with Crippen LogP contribution in [0.4, 0.5) is 5.69 Å². The molecule has 0 bridgehead atoms. The first-order valence-corrected chi connectivity index (χ1v) is 8.43. The highest BCUT2D eigenvalue weighted by molar-refractivity contribution is 7.53. The average molecular weight is 339 g/mol. The summed E-state index contributed by atoms with van der Waals surface area (Å²) in [6.45, 7) is 1.67. The van der Waals surface area contributed by atoms with Crippen molar-refractivity contribution >= 4 is 13.4 Å². The van der Waals surface area contributed by atoms with E-state index in [4.69, 9.17) is 9.79 Å². The molecule has 0 aliphatic rings. The van der Waals surface area contributed by atoms with Crippen molar-refractivity contribution in [3.05, 3.63) is 53.6 Å². The molecule has 0 heterocycles. The number of phenols is 2. The third-order valence-electron chi connectivity index (χ3n) is 3.51. The third kappa shape index (κ3) is 4.24. The van der Waals surface area contributed by atoms with E-state index in [0.717, 1.165) is 0 Å². The summed E-state index contributed by atoms with van der Waals surface area (Å²) in [5.74, 6) is -0.789. The van der Waals surface area contributed by atoms with E-state index in [-0.39, 0.29) is 22.7 Å². The Kier molecular flexibility index (Phi) is 4.97. The van der Waals surface area contributed by atoms with Crippen LogP contribution in [0.5, 0.6) is 11.5 Å². The molecule has 2 atom stereocenters. The van der Waals surface area contributed by atoms with Crippen LogP contribution in [0.1, 0.15) is 30.1 Å². The lowest BCUT2D eigenvalue weighted by atomic mass is 9.89. The van der Waals surface area contributed by atoms with Crippen LogP contribution in [0.2, 0.25) is 0 Å². The second kappa shape index (κ2) is 6.60. The Labute approximate surface area is 133 Å². The molecule has 6 N–H and O–H groups in total. The van der Waals surface area contributed by atoms with E-state index >= 15 is 0 Å². The molecular weight excluding hydrogens is 321 g/mol. The fraction of sp³-hybridized carbons (Fsp3) is 0.200. The first kappa shape index (κ1) is 17.3. The number of aliphatic hydroxyl groups is 1. The topological polar surface area (TPSA) is 130 Å². The molecule has 2 rings (SSSR count). The maximum atomic E-state index is 11.2. The third-order valence-corrected chi connectivity index (χ3v) is 4.05.